The third kappa shape index (κ3) is 1.99. The second-order valence-electron chi connectivity index (χ2n) is 4.97. The molecule has 4 aromatic rings. The van der Waals surface area contributed by atoms with Crippen molar-refractivity contribution in [2.45, 2.75) is 0 Å². The highest BCUT2D eigenvalue weighted by molar-refractivity contribution is 5.95. The number of nitrogens with zero attached hydrogens (tertiary/aromatic N) is 4. The van der Waals surface area contributed by atoms with Crippen molar-refractivity contribution in [2.75, 3.05) is 0 Å². The molecular weight excluding hydrogens is 262 g/mol. The quantitative estimate of drug-likeness (QED) is 0.611. The highest BCUT2D eigenvalue weighted by Crippen LogP contribution is 2.30. The number of nitrogens with one attached hydrogen (secondary N) is 1. The van der Waals surface area contributed by atoms with Crippen LogP contribution in [-0.2, 0) is 7.05 Å². The lowest BCUT2D eigenvalue weighted by Crippen LogP contribution is -1.84. The summed E-state index contributed by atoms with van der Waals surface area (Å²) in [6, 6.07) is 6.12. The fourth-order valence-corrected chi connectivity index (χ4v) is 2.49. The van der Waals surface area contributed by atoms with E-state index < -0.39 is 0 Å². The van der Waals surface area contributed by atoms with Crippen LogP contribution >= 0.6 is 0 Å². The van der Waals surface area contributed by atoms with E-state index >= 15 is 0 Å². The number of hydrogen-bond acceptors (Lipinski definition) is 3. The van der Waals surface area contributed by atoms with Crippen molar-refractivity contribution in [1.29, 1.82) is 0 Å². The molecule has 0 bridgehead atoms. The minimum Gasteiger partial charge on any atom is -0.346 e. The summed E-state index contributed by atoms with van der Waals surface area (Å²) < 4.78 is 1.79. The molecule has 0 aliphatic carbocycles. The number of pyridine rings is 2. The second-order valence-corrected chi connectivity index (χ2v) is 4.97. The first-order valence-electron chi connectivity index (χ1n) is 6.68. The average Bonchev–Trinajstić information content (AvgIpc) is 3.13. The molecular formula is C16H13N5. The molecule has 0 saturated heterocycles. The molecule has 5 heteroatoms. The molecule has 0 aromatic carbocycles. The van der Waals surface area contributed by atoms with E-state index in [1.807, 2.05) is 50.2 Å². The van der Waals surface area contributed by atoms with Gasteiger partial charge in [0.1, 0.15) is 5.65 Å². The predicted molar refractivity (Wildman–Crippen MR) is 81.5 cm³/mol. The molecule has 0 fully saturated rings. The first-order chi connectivity index (χ1) is 10.3. The van der Waals surface area contributed by atoms with Gasteiger partial charge in [0.2, 0.25) is 0 Å². The summed E-state index contributed by atoms with van der Waals surface area (Å²) in [7, 11) is 1.91. The Kier molecular flexibility index (Phi) is 2.57. The van der Waals surface area contributed by atoms with Gasteiger partial charge < -0.3 is 4.98 Å². The Labute approximate surface area is 121 Å². The van der Waals surface area contributed by atoms with Crippen molar-refractivity contribution < 1.29 is 0 Å². The molecule has 5 nitrogen and oxygen atoms in total. The third-order valence-electron chi connectivity index (χ3n) is 3.54. The van der Waals surface area contributed by atoms with Crippen LogP contribution in [0, 0.1) is 0 Å². The van der Waals surface area contributed by atoms with Crippen molar-refractivity contribution >= 4 is 11.0 Å². The number of aromatic amines is 1. The van der Waals surface area contributed by atoms with E-state index in [2.05, 4.69) is 26.1 Å². The van der Waals surface area contributed by atoms with Crippen LogP contribution < -0.4 is 0 Å². The van der Waals surface area contributed by atoms with E-state index in [0.29, 0.717) is 0 Å². The number of H-pyrrole nitrogens is 1. The van der Waals surface area contributed by atoms with Gasteiger partial charge >= 0.3 is 0 Å². The molecule has 1 N–H and O–H groups in total. The van der Waals surface area contributed by atoms with Crippen LogP contribution in [0.5, 0.6) is 0 Å². The summed E-state index contributed by atoms with van der Waals surface area (Å²) in [6.45, 7) is 0. The molecule has 21 heavy (non-hydrogen) atoms. The van der Waals surface area contributed by atoms with Gasteiger partial charge in [-0.05, 0) is 12.1 Å². The number of rotatable bonds is 2. The molecule has 4 heterocycles. The summed E-state index contributed by atoms with van der Waals surface area (Å²) in [4.78, 5) is 11.9. The largest absolute Gasteiger partial charge is 0.346 e. The van der Waals surface area contributed by atoms with Crippen molar-refractivity contribution in [2.24, 2.45) is 7.05 Å². The molecule has 0 aliphatic rings. The summed E-state index contributed by atoms with van der Waals surface area (Å²) in [5.74, 6) is 0. The molecule has 0 radical (unpaired) electrons. The van der Waals surface area contributed by atoms with E-state index in [0.717, 1.165) is 33.3 Å². The number of aryl methyl sites for hydroxylation is 1. The maximum Gasteiger partial charge on any atom is 0.137 e. The normalized spacial score (nSPS) is 11.1. The Morgan fingerprint density at radius 2 is 2.05 bits per heavy atom. The van der Waals surface area contributed by atoms with Gasteiger partial charge in [-0.3, -0.25) is 9.67 Å². The highest BCUT2D eigenvalue weighted by Gasteiger charge is 2.09. The molecule has 4 aromatic heterocycles. The first kappa shape index (κ1) is 11.8. The van der Waals surface area contributed by atoms with Crippen molar-refractivity contribution in [3.63, 3.8) is 0 Å². The minimum absolute atomic E-state index is 0.876. The lowest BCUT2D eigenvalue weighted by Gasteiger charge is -2.01. The summed E-state index contributed by atoms with van der Waals surface area (Å²) in [6.07, 6.45) is 11.3. The van der Waals surface area contributed by atoms with E-state index in [9.17, 15) is 0 Å². The molecule has 0 spiro atoms. The molecule has 102 valence electrons. The Morgan fingerprint density at radius 3 is 2.81 bits per heavy atom. The average molecular weight is 275 g/mol. The highest BCUT2D eigenvalue weighted by atomic mass is 15.2. The van der Waals surface area contributed by atoms with E-state index in [1.165, 1.54) is 0 Å². The van der Waals surface area contributed by atoms with Gasteiger partial charge in [-0.2, -0.15) is 5.10 Å². The number of hydrogen-bond donors (Lipinski definition) is 1. The number of aromatic nitrogens is 5. The molecule has 0 amide bonds. The third-order valence-corrected chi connectivity index (χ3v) is 3.54. The maximum atomic E-state index is 4.50. The monoisotopic (exact) mass is 275 g/mol. The minimum atomic E-state index is 0.876. The van der Waals surface area contributed by atoms with E-state index in [4.69, 9.17) is 0 Å². The lowest BCUT2D eigenvalue weighted by atomic mass is 10.1. The van der Waals surface area contributed by atoms with Crippen molar-refractivity contribution in [3.05, 3.63) is 55.4 Å². The standard InChI is InChI=1S/C16H13N5/c1-21-10-13(8-20-21)12-5-14-15(9-19-16(14)18-7-12)11-3-2-4-17-6-11/h2-10H,1H3,(H,18,19). The predicted octanol–water partition coefficient (Wildman–Crippen LogP) is 3.03. The zero-order valence-electron chi connectivity index (χ0n) is 11.5. The van der Waals surface area contributed by atoms with Gasteiger partial charge in [0.25, 0.3) is 0 Å². The summed E-state index contributed by atoms with van der Waals surface area (Å²) in [5.41, 5.74) is 5.18. The van der Waals surface area contributed by atoms with Crippen LogP contribution in [-0.4, -0.2) is 24.7 Å². The zero-order valence-corrected chi connectivity index (χ0v) is 11.5. The van der Waals surface area contributed by atoms with Gasteiger partial charge in [-0.15, -0.1) is 0 Å². The zero-order chi connectivity index (χ0) is 14.2. The fraction of sp³-hybridized carbons (Fsp3) is 0.0625. The molecule has 0 aliphatic heterocycles. The fourth-order valence-electron chi connectivity index (χ4n) is 2.49. The van der Waals surface area contributed by atoms with E-state index in [1.54, 1.807) is 10.9 Å². The summed E-state index contributed by atoms with van der Waals surface area (Å²) in [5, 5.41) is 5.30. The van der Waals surface area contributed by atoms with Gasteiger partial charge in [0.05, 0.1) is 6.20 Å². The van der Waals surface area contributed by atoms with E-state index in [-0.39, 0.29) is 0 Å². The van der Waals surface area contributed by atoms with Gasteiger partial charge in [-0.1, -0.05) is 6.07 Å². The lowest BCUT2D eigenvalue weighted by molar-refractivity contribution is 0.768. The van der Waals surface area contributed by atoms with Crippen LogP contribution in [0.2, 0.25) is 0 Å². The molecule has 0 saturated carbocycles. The van der Waals surface area contributed by atoms with Crippen LogP contribution in [0.25, 0.3) is 33.3 Å². The molecule has 0 unspecified atom stereocenters. The van der Waals surface area contributed by atoms with Gasteiger partial charge in [0, 0.05) is 65.7 Å². The van der Waals surface area contributed by atoms with Gasteiger partial charge in [0.15, 0.2) is 0 Å². The van der Waals surface area contributed by atoms with Crippen LogP contribution in [0.4, 0.5) is 0 Å². The topological polar surface area (TPSA) is 59.4 Å². The Bertz CT molecular complexity index is 905. The molecule has 0 atom stereocenters. The smallest absolute Gasteiger partial charge is 0.137 e. The Hall–Kier alpha value is -2.95. The molecule has 4 rings (SSSR count). The van der Waals surface area contributed by atoms with Crippen LogP contribution in [0.1, 0.15) is 0 Å². The number of fused-ring (bicyclic) bond motifs is 1. The maximum absolute atomic E-state index is 4.50. The van der Waals surface area contributed by atoms with Crippen molar-refractivity contribution in [1.82, 2.24) is 24.7 Å². The second kappa shape index (κ2) is 4.56. The summed E-state index contributed by atoms with van der Waals surface area (Å²) >= 11 is 0. The van der Waals surface area contributed by atoms with Crippen LogP contribution in [0.3, 0.4) is 0 Å². The Balaban J connectivity index is 1.90. The SMILES string of the molecule is Cn1cc(-c2cnc3[nH]cc(-c4cccnc4)c3c2)cn1. The van der Waals surface area contributed by atoms with Crippen molar-refractivity contribution in [3.8, 4) is 22.3 Å². The Morgan fingerprint density at radius 1 is 1.10 bits per heavy atom. The first-order valence-corrected chi connectivity index (χ1v) is 6.68. The van der Waals surface area contributed by atoms with Crippen LogP contribution in [0.15, 0.2) is 55.4 Å². The van der Waals surface area contributed by atoms with Gasteiger partial charge in [-0.25, -0.2) is 4.98 Å².